The van der Waals surface area contributed by atoms with Crippen LogP contribution in [0.5, 0.6) is 23.0 Å². The molecule has 0 N–H and O–H groups in total. The van der Waals surface area contributed by atoms with Gasteiger partial charge in [0.2, 0.25) is 24.3 Å². The average Bonchev–Trinajstić information content (AvgIpc) is 3.11. The van der Waals surface area contributed by atoms with E-state index in [4.69, 9.17) is 18.9 Å². The van der Waals surface area contributed by atoms with Gasteiger partial charge in [-0.05, 0) is 129 Å². The maximum atomic E-state index is 10.7. The Balaban J connectivity index is 1.50. The van der Waals surface area contributed by atoms with Gasteiger partial charge in [0, 0.05) is 0 Å². The van der Waals surface area contributed by atoms with Crippen LogP contribution in [0.2, 0.25) is 0 Å². The van der Waals surface area contributed by atoms with Crippen LogP contribution in [-0.2, 0) is 19.2 Å². The summed E-state index contributed by atoms with van der Waals surface area (Å²) in [6, 6.07) is 25.5. The molecule has 0 saturated heterocycles. The largest absolute Gasteiger partial charge is 0.494 e. The lowest BCUT2D eigenvalue weighted by Gasteiger charge is -2.29. The summed E-state index contributed by atoms with van der Waals surface area (Å²) in [4.78, 5) is 57.1. The number of rotatable bonds is 19. The third kappa shape index (κ3) is 11.7. The van der Waals surface area contributed by atoms with Crippen LogP contribution in [0.15, 0.2) is 111 Å². The van der Waals surface area contributed by atoms with Crippen LogP contribution in [0.1, 0.15) is 31.2 Å². The van der Waals surface area contributed by atoms with Crippen molar-refractivity contribution < 1.29 is 38.1 Å². The minimum atomic E-state index is -0.455. The Labute approximate surface area is 282 Å². The standard InChI is InChI=1S/C37H32N4O8/c1-27-22-34(18-19-35(27)41-26-45)47-21-3-5-37(49-33-16-10-30(11-17-33)40-25-44)36(48-32-14-8-29(9-15-32)39-24-43)4-2-20-46-31-12-6-28(7-13-31)38-23-42/h6-19,22,36-37H,2-5,20-21H2,1H3. The van der Waals surface area contributed by atoms with Crippen molar-refractivity contribution in [3.8, 4) is 23.0 Å². The van der Waals surface area contributed by atoms with E-state index in [-0.39, 0.29) is 0 Å². The van der Waals surface area contributed by atoms with Crippen LogP contribution in [0, 0.1) is 6.92 Å². The molecule has 0 aliphatic carbocycles. The molecule has 4 aromatic carbocycles. The van der Waals surface area contributed by atoms with Gasteiger partial charge in [0.1, 0.15) is 35.2 Å². The van der Waals surface area contributed by atoms with Gasteiger partial charge >= 0.3 is 0 Å². The van der Waals surface area contributed by atoms with Gasteiger partial charge in [0.05, 0.1) is 36.0 Å². The Hall–Kier alpha value is -6.40. The summed E-state index contributed by atoms with van der Waals surface area (Å²) in [7, 11) is 0. The number of hydrogen-bond acceptors (Lipinski definition) is 12. The molecule has 0 bridgehead atoms. The monoisotopic (exact) mass is 660 g/mol. The van der Waals surface area contributed by atoms with E-state index in [2.05, 4.69) is 20.0 Å². The number of carbonyl (C=O) groups excluding carboxylic acids is 4. The van der Waals surface area contributed by atoms with Crippen molar-refractivity contribution in [2.24, 2.45) is 20.0 Å². The zero-order valence-corrected chi connectivity index (χ0v) is 26.6. The van der Waals surface area contributed by atoms with Gasteiger partial charge in [-0.3, -0.25) is 0 Å². The van der Waals surface area contributed by atoms with E-state index in [1.54, 1.807) is 97.1 Å². The van der Waals surface area contributed by atoms with Crippen LogP contribution < -0.4 is 18.9 Å². The minimum Gasteiger partial charge on any atom is -0.494 e. The highest BCUT2D eigenvalue weighted by Crippen LogP contribution is 2.28. The number of nitrogens with zero attached hydrogens (tertiary/aromatic N) is 4. The average molecular weight is 661 g/mol. The summed E-state index contributed by atoms with van der Waals surface area (Å²) in [5, 5.41) is 0. The van der Waals surface area contributed by atoms with E-state index in [1.165, 1.54) is 18.2 Å². The van der Waals surface area contributed by atoms with Crippen molar-refractivity contribution >= 4 is 47.1 Å². The number of hydrogen-bond donors (Lipinski definition) is 0. The predicted molar refractivity (Wildman–Crippen MR) is 180 cm³/mol. The van der Waals surface area contributed by atoms with Crippen molar-refractivity contribution in [1.29, 1.82) is 0 Å². The van der Waals surface area contributed by atoms with Crippen LogP contribution in [0.25, 0.3) is 0 Å². The molecule has 0 aliphatic rings. The second kappa shape index (κ2) is 19.3. The highest BCUT2D eigenvalue weighted by molar-refractivity contribution is 5.55. The second-order valence-electron chi connectivity index (χ2n) is 10.5. The molecule has 4 aromatic rings. The molecule has 0 aliphatic heterocycles. The topological polar surface area (TPSA) is 155 Å². The van der Waals surface area contributed by atoms with Crippen LogP contribution in [-0.4, -0.2) is 49.7 Å². The van der Waals surface area contributed by atoms with Crippen LogP contribution >= 0.6 is 0 Å². The molecule has 0 spiro atoms. The van der Waals surface area contributed by atoms with Crippen molar-refractivity contribution in [3.63, 3.8) is 0 Å². The molecule has 12 nitrogen and oxygen atoms in total. The first-order valence-corrected chi connectivity index (χ1v) is 15.3. The molecule has 0 saturated carbocycles. The number of aliphatic imine (C=N–C) groups is 4. The molecule has 0 fully saturated rings. The Morgan fingerprint density at radius 3 is 1.31 bits per heavy atom. The number of benzene rings is 4. The maximum Gasteiger partial charge on any atom is 0.240 e. The molecule has 49 heavy (non-hydrogen) atoms. The third-order valence-electron chi connectivity index (χ3n) is 7.16. The van der Waals surface area contributed by atoms with Crippen molar-refractivity contribution in [2.45, 2.75) is 44.8 Å². The summed E-state index contributed by atoms with van der Waals surface area (Å²) in [5.41, 5.74) is 2.69. The molecule has 2 atom stereocenters. The number of isocyanates is 4. The summed E-state index contributed by atoms with van der Waals surface area (Å²) in [6.45, 7) is 2.58. The first kappa shape index (κ1) is 35.5. The fourth-order valence-corrected chi connectivity index (χ4v) is 4.81. The van der Waals surface area contributed by atoms with E-state index in [0.29, 0.717) is 84.6 Å². The lowest BCUT2D eigenvalue weighted by atomic mass is 10.0. The zero-order valence-electron chi connectivity index (χ0n) is 26.6. The van der Waals surface area contributed by atoms with Crippen molar-refractivity contribution in [1.82, 2.24) is 0 Å². The minimum absolute atomic E-state index is 0.376. The van der Waals surface area contributed by atoms with Gasteiger partial charge in [-0.2, -0.15) is 20.0 Å². The lowest BCUT2D eigenvalue weighted by Crippen LogP contribution is -2.37. The molecule has 0 amide bonds. The third-order valence-corrected chi connectivity index (χ3v) is 7.16. The summed E-state index contributed by atoms with van der Waals surface area (Å²) < 4.78 is 24.9. The molecular weight excluding hydrogens is 628 g/mol. The van der Waals surface area contributed by atoms with Crippen molar-refractivity contribution in [3.05, 3.63) is 96.6 Å². The molecule has 12 heteroatoms. The fourth-order valence-electron chi connectivity index (χ4n) is 4.81. The summed E-state index contributed by atoms with van der Waals surface area (Å²) >= 11 is 0. The Morgan fingerprint density at radius 2 is 0.898 bits per heavy atom. The Morgan fingerprint density at radius 1 is 0.510 bits per heavy atom. The lowest BCUT2D eigenvalue weighted by molar-refractivity contribution is 0.0362. The second-order valence-corrected chi connectivity index (χ2v) is 10.5. The molecule has 0 heterocycles. The number of ether oxygens (including phenoxy) is 4. The van der Waals surface area contributed by atoms with Gasteiger partial charge in [-0.15, -0.1) is 0 Å². The van der Waals surface area contributed by atoms with Gasteiger partial charge < -0.3 is 18.9 Å². The number of aryl methyl sites for hydroxylation is 1. The van der Waals surface area contributed by atoms with Crippen LogP contribution in [0.3, 0.4) is 0 Å². The molecule has 2 unspecified atom stereocenters. The van der Waals surface area contributed by atoms with Gasteiger partial charge in [0.25, 0.3) is 0 Å². The molecular formula is C37H32N4O8. The van der Waals surface area contributed by atoms with Gasteiger partial charge in [-0.1, -0.05) is 0 Å². The fraction of sp³-hybridized carbons (Fsp3) is 0.243. The van der Waals surface area contributed by atoms with E-state index >= 15 is 0 Å². The normalized spacial score (nSPS) is 11.3. The predicted octanol–water partition coefficient (Wildman–Crippen LogP) is 7.78. The van der Waals surface area contributed by atoms with E-state index in [0.717, 1.165) is 5.56 Å². The highest BCUT2D eigenvalue weighted by atomic mass is 16.5. The molecule has 248 valence electrons. The first-order chi connectivity index (χ1) is 24.0. The SMILES string of the molecule is Cc1cc(OCCCC(Oc2ccc(N=C=O)cc2)C(CCCOc2ccc(N=C=O)cc2)Oc2ccc(N=C=O)cc2)ccc1N=C=O. The van der Waals surface area contributed by atoms with Gasteiger partial charge in [-0.25, -0.2) is 19.2 Å². The van der Waals surface area contributed by atoms with Crippen molar-refractivity contribution in [2.75, 3.05) is 13.2 Å². The van der Waals surface area contributed by atoms with Gasteiger partial charge in [0.15, 0.2) is 0 Å². The van der Waals surface area contributed by atoms with E-state index in [1.807, 2.05) is 6.92 Å². The molecule has 4 rings (SSSR count). The van der Waals surface area contributed by atoms with Crippen LogP contribution in [0.4, 0.5) is 22.7 Å². The quantitative estimate of drug-likeness (QED) is 0.0561. The highest BCUT2D eigenvalue weighted by Gasteiger charge is 2.26. The zero-order chi connectivity index (χ0) is 34.7. The van der Waals surface area contributed by atoms with E-state index in [9.17, 15) is 19.2 Å². The van der Waals surface area contributed by atoms with E-state index < -0.39 is 12.2 Å². The Kier molecular flexibility index (Phi) is 14.0. The Bertz CT molecular complexity index is 1850. The maximum absolute atomic E-state index is 10.7. The smallest absolute Gasteiger partial charge is 0.240 e. The summed E-state index contributed by atoms with van der Waals surface area (Å²) in [6.07, 6.45) is 7.49. The summed E-state index contributed by atoms with van der Waals surface area (Å²) in [5.74, 6) is 2.37. The molecule has 0 aromatic heterocycles. The molecule has 0 radical (unpaired) electrons. The first-order valence-electron chi connectivity index (χ1n) is 15.3.